The van der Waals surface area contributed by atoms with Crippen LogP contribution in [-0.4, -0.2) is 22.6 Å². The van der Waals surface area contributed by atoms with Gasteiger partial charge in [0.1, 0.15) is 0 Å². The highest BCUT2D eigenvalue weighted by molar-refractivity contribution is 7.03. The van der Waals surface area contributed by atoms with E-state index in [1.165, 1.54) is 87.8 Å². The van der Waals surface area contributed by atoms with Crippen LogP contribution in [0.2, 0.25) is 0 Å². The topological polar surface area (TPSA) is 22.8 Å². The highest BCUT2D eigenvalue weighted by atomic mass is 15.2. The van der Waals surface area contributed by atoms with Crippen LogP contribution in [-0.2, 0) is 0 Å². The predicted molar refractivity (Wildman–Crippen MR) is 363 cm³/mol. The second-order valence-electron chi connectivity index (χ2n) is 23.2. The molecule has 8 heteroatoms. The van der Waals surface area contributed by atoms with Crippen LogP contribution >= 0.6 is 0 Å². The highest BCUT2D eigenvalue weighted by Gasteiger charge is 2.48. The molecule has 0 bridgehead atoms. The van der Waals surface area contributed by atoms with Crippen LogP contribution in [0.25, 0.3) is 55.0 Å². The van der Waals surface area contributed by atoms with E-state index >= 15 is 0 Å². The fourth-order valence-electron chi connectivity index (χ4n) is 15.5. The number of fused-ring (bicyclic) bond motifs is 14. The monoisotopic (exact) mass is 1090 g/mol. The van der Waals surface area contributed by atoms with Gasteiger partial charge in [-0.25, -0.2) is 0 Å². The second kappa shape index (κ2) is 18.1. The van der Waals surface area contributed by atoms with Gasteiger partial charge in [-0.05, 0) is 148 Å². The van der Waals surface area contributed by atoms with E-state index in [4.69, 9.17) is 0 Å². The van der Waals surface area contributed by atoms with Crippen LogP contribution in [0, 0.1) is 0 Å². The van der Waals surface area contributed by atoms with Crippen LogP contribution in [0.3, 0.4) is 0 Å². The molecule has 6 heterocycles. The van der Waals surface area contributed by atoms with Gasteiger partial charge in [0.15, 0.2) is 0 Å². The summed E-state index contributed by atoms with van der Waals surface area (Å²) in [6, 6.07) is 113. The molecule has 398 valence electrons. The molecule has 0 saturated carbocycles. The smallest absolute Gasteiger partial charge is 0.252 e. The molecule has 4 aliphatic rings. The minimum Gasteiger partial charge on any atom is -0.311 e. The van der Waals surface area contributed by atoms with Gasteiger partial charge < -0.3 is 28.7 Å². The zero-order valence-electron chi connectivity index (χ0n) is 46.7. The van der Waals surface area contributed by atoms with Crippen molar-refractivity contribution >= 4 is 158 Å². The molecule has 0 amide bonds. The van der Waals surface area contributed by atoms with E-state index in [9.17, 15) is 0 Å². The van der Waals surface area contributed by atoms with E-state index in [-0.39, 0.29) is 13.4 Å². The summed E-state index contributed by atoms with van der Waals surface area (Å²) in [4.78, 5) is 10.0. The molecule has 0 atom stereocenters. The largest absolute Gasteiger partial charge is 0.311 e. The van der Waals surface area contributed by atoms with Crippen LogP contribution in [0.4, 0.5) is 68.2 Å². The van der Waals surface area contributed by atoms with E-state index < -0.39 is 0 Å². The number of para-hydroxylation sites is 10. The van der Waals surface area contributed by atoms with Gasteiger partial charge in [-0.3, -0.25) is 0 Å². The minimum atomic E-state index is -0.124. The Bertz CT molecular complexity index is 4860. The minimum absolute atomic E-state index is 0.124. The van der Waals surface area contributed by atoms with Crippen molar-refractivity contribution in [1.29, 1.82) is 0 Å². The maximum absolute atomic E-state index is 2.65. The lowest BCUT2D eigenvalue weighted by atomic mass is 9.30. The number of benzene rings is 13. The molecule has 0 unspecified atom stereocenters. The molecule has 15 aromatic rings. The Morgan fingerprint density at radius 1 is 0.233 bits per heavy atom. The van der Waals surface area contributed by atoms with Crippen LogP contribution in [0.1, 0.15) is 0 Å². The molecule has 0 spiro atoms. The molecule has 4 aliphatic heterocycles. The second-order valence-corrected chi connectivity index (χ2v) is 23.2. The Morgan fingerprint density at radius 2 is 0.558 bits per heavy atom. The van der Waals surface area contributed by atoms with Crippen LogP contribution in [0.15, 0.2) is 303 Å². The Labute approximate surface area is 498 Å². The molecule has 2 aromatic heterocycles. The molecule has 0 N–H and O–H groups in total. The van der Waals surface area contributed by atoms with E-state index in [1.807, 2.05) is 0 Å². The summed E-state index contributed by atoms with van der Waals surface area (Å²) in [7, 11) is 0. The van der Waals surface area contributed by atoms with E-state index in [0.29, 0.717) is 0 Å². The number of nitrogens with zero attached hydrogens (tertiary/aromatic N) is 6. The third kappa shape index (κ3) is 6.58. The van der Waals surface area contributed by atoms with E-state index in [0.717, 1.165) is 68.2 Å². The summed E-state index contributed by atoms with van der Waals surface area (Å²) in [6.45, 7) is -0.248. The summed E-state index contributed by atoms with van der Waals surface area (Å²) >= 11 is 0. The number of anilines is 12. The Hall–Kier alpha value is -11.2. The number of hydrogen-bond acceptors (Lipinski definition) is 4. The Morgan fingerprint density at radius 3 is 0.942 bits per heavy atom. The van der Waals surface area contributed by atoms with Crippen LogP contribution in [0.5, 0.6) is 0 Å². The van der Waals surface area contributed by atoms with Crippen molar-refractivity contribution < 1.29 is 0 Å². The molecule has 13 aromatic carbocycles. The average molecular weight is 1090 g/mol. The first kappa shape index (κ1) is 47.3. The van der Waals surface area contributed by atoms with Crippen molar-refractivity contribution in [3.8, 4) is 11.4 Å². The van der Waals surface area contributed by atoms with E-state index in [1.54, 1.807) is 0 Å². The normalized spacial score (nSPS) is 13.0. The lowest BCUT2D eigenvalue weighted by molar-refractivity contribution is 1.16. The molecule has 86 heavy (non-hydrogen) atoms. The molecular formula is C78H50B2N6. The van der Waals surface area contributed by atoms with Crippen molar-refractivity contribution in [2.24, 2.45) is 0 Å². The zero-order chi connectivity index (χ0) is 56.1. The SMILES string of the molecule is c1ccc(N(c2ccccc2)c2cc3c4c(c2)-n2c5ccccc5c5cccc(c52)B4c2cc4c(cc2N3c2ccccc2)N(c2ccccc2)c2cc(N(c3ccccc3)c3ccccc3)cc3c2B4c2cccc4c5ccccc5n-3c24)cc1. The molecule has 0 radical (unpaired) electrons. The van der Waals surface area contributed by atoms with Gasteiger partial charge in [-0.15, -0.1) is 0 Å². The first-order chi connectivity index (χ1) is 42.7. The summed E-state index contributed by atoms with van der Waals surface area (Å²) in [5, 5.41) is 5.03. The van der Waals surface area contributed by atoms with Crippen molar-refractivity contribution in [1.82, 2.24) is 9.13 Å². The fourth-order valence-corrected chi connectivity index (χ4v) is 15.5. The summed E-state index contributed by atoms with van der Waals surface area (Å²) in [6.07, 6.45) is 0. The molecule has 6 nitrogen and oxygen atoms in total. The molecular weight excluding hydrogens is 1040 g/mol. The highest BCUT2D eigenvalue weighted by Crippen LogP contribution is 2.50. The van der Waals surface area contributed by atoms with Gasteiger partial charge in [-0.1, -0.05) is 188 Å². The van der Waals surface area contributed by atoms with Crippen molar-refractivity contribution in [3.63, 3.8) is 0 Å². The summed E-state index contributed by atoms with van der Waals surface area (Å²) < 4.78 is 5.18. The molecule has 19 rings (SSSR count). The third-order valence-electron chi connectivity index (χ3n) is 18.7. The lowest BCUT2D eigenvalue weighted by Gasteiger charge is -2.45. The summed E-state index contributed by atoms with van der Waals surface area (Å²) in [5.74, 6) is 0. The average Bonchev–Trinajstić information content (AvgIpc) is 1.24. The molecule has 0 saturated heterocycles. The van der Waals surface area contributed by atoms with E-state index in [2.05, 4.69) is 332 Å². The lowest BCUT2D eigenvalue weighted by Crippen LogP contribution is -2.64. The number of rotatable bonds is 8. The zero-order valence-corrected chi connectivity index (χ0v) is 46.7. The van der Waals surface area contributed by atoms with Crippen LogP contribution < -0.4 is 52.4 Å². The van der Waals surface area contributed by atoms with Crippen molar-refractivity contribution in [2.45, 2.75) is 0 Å². The van der Waals surface area contributed by atoms with Gasteiger partial charge in [0.05, 0.1) is 22.4 Å². The van der Waals surface area contributed by atoms with Gasteiger partial charge in [-0.2, -0.15) is 0 Å². The van der Waals surface area contributed by atoms with Crippen molar-refractivity contribution in [3.05, 3.63) is 303 Å². The number of hydrogen-bond donors (Lipinski definition) is 0. The van der Waals surface area contributed by atoms with Crippen molar-refractivity contribution in [2.75, 3.05) is 19.6 Å². The summed E-state index contributed by atoms with van der Waals surface area (Å²) in [5.41, 5.74) is 28.4. The van der Waals surface area contributed by atoms with Gasteiger partial charge >= 0.3 is 0 Å². The third-order valence-corrected chi connectivity index (χ3v) is 18.7. The quantitative estimate of drug-likeness (QED) is 0.141. The maximum Gasteiger partial charge on any atom is 0.252 e. The standard InChI is InChI=1S/C78H50B2N6/c1-7-25-51(26-8-1)81(52-27-9-2-10-28-52)57-45-71-75-73(47-57)85-67-43-21-19-37-59(67)61-39-23-41-63(77(61)85)79(75)65-49-66-70(50-69(65)83(71)55-33-15-5-16-34-55)84(56-35-17-6-18-36-56)72-46-58(82(53-29-11-3-12-30-53)54-31-13-4-14-32-54)48-74-76(72)80(66)64-42-24-40-62-60-38-20-22-44-68(60)86(74)78(62)64/h1-50H. The number of aromatic nitrogens is 2. The van der Waals surface area contributed by atoms with Gasteiger partial charge in [0, 0.05) is 101 Å². The first-order valence-electron chi connectivity index (χ1n) is 29.8. The van der Waals surface area contributed by atoms with Gasteiger partial charge in [0.25, 0.3) is 13.4 Å². The maximum atomic E-state index is 2.65. The fraction of sp³-hybridized carbons (Fsp3) is 0. The Kier molecular flexibility index (Phi) is 9.98. The van der Waals surface area contributed by atoms with Gasteiger partial charge in [0.2, 0.25) is 0 Å². The molecule has 0 aliphatic carbocycles. The molecule has 0 fully saturated rings. The Balaban J connectivity index is 0.961. The predicted octanol–water partition coefficient (Wildman–Crippen LogP) is 16.0. The first-order valence-corrected chi connectivity index (χ1v) is 29.8.